The molecular weight excluding hydrogens is 236 g/mol. The van der Waals surface area contributed by atoms with Crippen molar-refractivity contribution >= 4 is 41.6 Å². The number of rotatable bonds is 1. The summed E-state index contributed by atoms with van der Waals surface area (Å²) >= 11 is 11.1. The lowest BCUT2D eigenvalue weighted by molar-refractivity contribution is 0.0600. The summed E-state index contributed by atoms with van der Waals surface area (Å²) in [7, 11) is 1.28. The Labute approximate surface area is 91.4 Å². The fourth-order valence-electron chi connectivity index (χ4n) is 0.701. The lowest BCUT2D eigenvalue weighted by atomic mass is 10.3. The molecule has 0 saturated heterocycles. The van der Waals surface area contributed by atoms with E-state index in [1.165, 1.54) is 19.2 Å². The molecule has 0 aliphatic rings. The Hall–Kier alpha value is -0.510. The molecular formula is C7H6Cl3NO2. The van der Waals surface area contributed by atoms with Gasteiger partial charge >= 0.3 is 5.97 Å². The third-order valence-electron chi connectivity index (χ3n) is 1.18. The van der Waals surface area contributed by atoms with Crippen molar-refractivity contribution in [2.75, 3.05) is 7.11 Å². The Bertz CT molecular complexity index is 296. The minimum atomic E-state index is -0.485. The molecule has 1 rings (SSSR count). The second-order valence-corrected chi connectivity index (χ2v) is 2.77. The molecule has 0 amide bonds. The van der Waals surface area contributed by atoms with Gasteiger partial charge in [0.1, 0.15) is 10.3 Å². The average Bonchev–Trinajstić information content (AvgIpc) is 2.01. The van der Waals surface area contributed by atoms with Crippen LogP contribution in [0.15, 0.2) is 12.1 Å². The van der Waals surface area contributed by atoms with Crippen LogP contribution in [0.2, 0.25) is 10.3 Å². The van der Waals surface area contributed by atoms with Gasteiger partial charge in [-0.3, -0.25) is 0 Å². The summed E-state index contributed by atoms with van der Waals surface area (Å²) in [6.07, 6.45) is 0. The van der Waals surface area contributed by atoms with Crippen LogP contribution >= 0.6 is 35.6 Å². The zero-order valence-corrected chi connectivity index (χ0v) is 8.91. The number of methoxy groups -OCH3 is 1. The Balaban J connectivity index is 0.00000144. The van der Waals surface area contributed by atoms with Gasteiger partial charge < -0.3 is 4.74 Å². The topological polar surface area (TPSA) is 39.2 Å². The van der Waals surface area contributed by atoms with Crippen LogP contribution in [0, 0.1) is 0 Å². The normalized spacial score (nSPS) is 8.85. The first-order valence-corrected chi connectivity index (χ1v) is 3.80. The Kier molecular flexibility index (Phi) is 5.06. The summed E-state index contributed by atoms with van der Waals surface area (Å²) in [5, 5.41) is 0.339. The first-order valence-electron chi connectivity index (χ1n) is 3.05. The second-order valence-electron chi connectivity index (χ2n) is 1.99. The predicted molar refractivity (Wildman–Crippen MR) is 52.8 cm³/mol. The van der Waals surface area contributed by atoms with E-state index in [0.29, 0.717) is 5.56 Å². The van der Waals surface area contributed by atoms with Crippen molar-refractivity contribution < 1.29 is 9.53 Å². The highest BCUT2D eigenvalue weighted by Gasteiger charge is 2.07. The van der Waals surface area contributed by atoms with Crippen molar-refractivity contribution in [3.63, 3.8) is 0 Å². The number of ether oxygens (including phenoxy) is 1. The number of halogens is 3. The summed E-state index contributed by atoms with van der Waals surface area (Å²) in [4.78, 5) is 14.6. The summed E-state index contributed by atoms with van der Waals surface area (Å²) in [5.41, 5.74) is 0.294. The molecule has 13 heavy (non-hydrogen) atoms. The maximum Gasteiger partial charge on any atom is 0.338 e. The smallest absolute Gasteiger partial charge is 0.338 e. The van der Waals surface area contributed by atoms with Crippen LogP contribution in [0.5, 0.6) is 0 Å². The van der Waals surface area contributed by atoms with E-state index >= 15 is 0 Å². The van der Waals surface area contributed by atoms with Gasteiger partial charge in [-0.05, 0) is 12.1 Å². The van der Waals surface area contributed by atoms with Gasteiger partial charge in [0.25, 0.3) is 0 Å². The maximum absolute atomic E-state index is 11.0. The monoisotopic (exact) mass is 241 g/mol. The van der Waals surface area contributed by atoms with Crippen molar-refractivity contribution in [2.45, 2.75) is 0 Å². The van der Waals surface area contributed by atoms with Gasteiger partial charge in [0, 0.05) is 0 Å². The molecule has 0 spiro atoms. The van der Waals surface area contributed by atoms with Gasteiger partial charge in [0.2, 0.25) is 0 Å². The van der Waals surface area contributed by atoms with E-state index in [-0.39, 0.29) is 22.7 Å². The zero-order chi connectivity index (χ0) is 9.14. The largest absolute Gasteiger partial charge is 0.465 e. The third kappa shape index (κ3) is 3.38. The van der Waals surface area contributed by atoms with Crippen LogP contribution in [-0.4, -0.2) is 18.1 Å². The molecule has 0 saturated carbocycles. The van der Waals surface area contributed by atoms with Gasteiger partial charge in [-0.15, -0.1) is 12.4 Å². The highest BCUT2D eigenvalue weighted by molar-refractivity contribution is 6.32. The molecule has 0 unspecified atom stereocenters. The first kappa shape index (κ1) is 12.5. The van der Waals surface area contributed by atoms with E-state index in [2.05, 4.69) is 9.72 Å². The highest BCUT2D eigenvalue weighted by Crippen LogP contribution is 2.14. The van der Waals surface area contributed by atoms with Gasteiger partial charge in [0.15, 0.2) is 0 Å². The standard InChI is InChI=1S/C7H5Cl2NO2.ClH/c1-12-7(11)4-2-5(8)10-6(9)3-4;/h2-3H,1H3;1H. The average molecular weight is 242 g/mol. The molecule has 0 aromatic carbocycles. The Morgan fingerprint density at radius 1 is 1.38 bits per heavy atom. The van der Waals surface area contributed by atoms with Crippen LogP contribution in [0.3, 0.4) is 0 Å². The van der Waals surface area contributed by atoms with Crippen molar-refractivity contribution in [3.8, 4) is 0 Å². The van der Waals surface area contributed by atoms with Crippen LogP contribution < -0.4 is 0 Å². The summed E-state index contributed by atoms with van der Waals surface area (Å²) in [5.74, 6) is -0.485. The molecule has 0 bridgehead atoms. The minimum Gasteiger partial charge on any atom is -0.465 e. The summed E-state index contributed by atoms with van der Waals surface area (Å²) < 4.78 is 4.46. The van der Waals surface area contributed by atoms with E-state index in [1.807, 2.05) is 0 Å². The second kappa shape index (κ2) is 5.27. The number of nitrogens with zero attached hydrogens (tertiary/aromatic N) is 1. The fourth-order valence-corrected chi connectivity index (χ4v) is 1.16. The lowest BCUT2D eigenvalue weighted by Gasteiger charge is -1.99. The molecule has 1 heterocycles. The fraction of sp³-hybridized carbons (Fsp3) is 0.143. The Morgan fingerprint density at radius 2 is 1.85 bits per heavy atom. The molecule has 0 radical (unpaired) electrons. The third-order valence-corrected chi connectivity index (χ3v) is 1.57. The summed E-state index contributed by atoms with van der Waals surface area (Å²) in [6, 6.07) is 2.78. The van der Waals surface area contributed by atoms with Gasteiger partial charge in [-0.25, -0.2) is 9.78 Å². The Morgan fingerprint density at radius 3 is 2.23 bits per heavy atom. The SMILES string of the molecule is COC(=O)c1cc(Cl)nc(Cl)c1.Cl. The van der Waals surface area contributed by atoms with Crippen molar-refractivity contribution in [2.24, 2.45) is 0 Å². The van der Waals surface area contributed by atoms with Crippen molar-refractivity contribution in [3.05, 3.63) is 28.0 Å². The molecule has 0 aliphatic heterocycles. The molecule has 1 aromatic rings. The van der Waals surface area contributed by atoms with Crippen molar-refractivity contribution in [1.82, 2.24) is 4.98 Å². The van der Waals surface area contributed by atoms with E-state index in [4.69, 9.17) is 23.2 Å². The first-order chi connectivity index (χ1) is 5.63. The molecule has 0 aliphatic carbocycles. The number of hydrogen-bond donors (Lipinski definition) is 0. The number of carbonyl (C=O) groups is 1. The van der Waals surface area contributed by atoms with Gasteiger partial charge in [-0.2, -0.15) is 0 Å². The summed E-state index contributed by atoms with van der Waals surface area (Å²) in [6.45, 7) is 0. The van der Waals surface area contributed by atoms with E-state index in [1.54, 1.807) is 0 Å². The number of hydrogen-bond acceptors (Lipinski definition) is 3. The minimum absolute atomic E-state index is 0. The highest BCUT2D eigenvalue weighted by atomic mass is 35.5. The van der Waals surface area contributed by atoms with Gasteiger partial charge in [0.05, 0.1) is 12.7 Å². The molecule has 0 atom stereocenters. The molecule has 0 fully saturated rings. The van der Waals surface area contributed by atoms with Crippen LogP contribution in [0.1, 0.15) is 10.4 Å². The maximum atomic E-state index is 11.0. The molecule has 1 aromatic heterocycles. The lowest BCUT2D eigenvalue weighted by Crippen LogP contribution is -2.01. The molecule has 6 heteroatoms. The number of pyridine rings is 1. The van der Waals surface area contributed by atoms with E-state index in [9.17, 15) is 4.79 Å². The van der Waals surface area contributed by atoms with E-state index < -0.39 is 5.97 Å². The van der Waals surface area contributed by atoms with Crippen LogP contribution in [-0.2, 0) is 4.74 Å². The molecule has 72 valence electrons. The molecule has 3 nitrogen and oxygen atoms in total. The quantitative estimate of drug-likeness (QED) is 0.561. The number of carbonyl (C=O) groups excluding carboxylic acids is 1. The van der Waals surface area contributed by atoms with E-state index in [0.717, 1.165) is 0 Å². The predicted octanol–water partition coefficient (Wildman–Crippen LogP) is 2.60. The molecule has 0 N–H and O–H groups in total. The van der Waals surface area contributed by atoms with Gasteiger partial charge in [-0.1, -0.05) is 23.2 Å². The number of aromatic nitrogens is 1. The zero-order valence-electron chi connectivity index (χ0n) is 6.58. The number of esters is 1. The van der Waals surface area contributed by atoms with Crippen LogP contribution in [0.25, 0.3) is 0 Å². The van der Waals surface area contributed by atoms with Crippen molar-refractivity contribution in [1.29, 1.82) is 0 Å². The van der Waals surface area contributed by atoms with Crippen LogP contribution in [0.4, 0.5) is 0 Å².